The summed E-state index contributed by atoms with van der Waals surface area (Å²) in [5.74, 6) is -1.55. The van der Waals surface area contributed by atoms with E-state index in [0.29, 0.717) is 49.3 Å². The van der Waals surface area contributed by atoms with Gasteiger partial charge in [-0.15, -0.1) is 0 Å². The molecule has 2 aliphatic heterocycles. The normalized spacial score (nSPS) is 31.0. The number of hydrogen-bond acceptors (Lipinski definition) is 10. The van der Waals surface area contributed by atoms with Crippen LogP contribution in [0.15, 0.2) is 42.6 Å². The largest absolute Gasteiger partial charge is 0.491 e. The molecular weight excluding hydrogens is 751 g/mol. The first-order valence-corrected chi connectivity index (χ1v) is 22.0. The van der Waals surface area contributed by atoms with E-state index in [0.717, 1.165) is 31.1 Å². The van der Waals surface area contributed by atoms with Crippen molar-refractivity contribution in [3.8, 4) is 11.6 Å². The number of allylic oxidation sites excluding steroid dienone is 1. The summed E-state index contributed by atoms with van der Waals surface area (Å²) in [4.78, 5) is 62.7. The Morgan fingerprint density at radius 1 is 1.05 bits per heavy atom. The van der Waals surface area contributed by atoms with Crippen molar-refractivity contribution in [3.05, 3.63) is 42.6 Å². The van der Waals surface area contributed by atoms with Gasteiger partial charge in [0.15, 0.2) is 0 Å². The number of nitrogens with zero attached hydrogens (tertiary/aromatic N) is 2. The minimum absolute atomic E-state index is 0.0101. The zero-order chi connectivity index (χ0) is 40.8. The molecule has 5 aliphatic rings. The Labute approximate surface area is 335 Å². The lowest BCUT2D eigenvalue weighted by Crippen LogP contribution is -2.59. The molecule has 2 aromatic rings. The van der Waals surface area contributed by atoms with E-state index in [9.17, 15) is 27.6 Å². The van der Waals surface area contributed by atoms with E-state index in [-0.39, 0.29) is 43.2 Å². The number of nitrogens with one attached hydrogen (secondary N) is 3. The minimum atomic E-state index is -4.00. The van der Waals surface area contributed by atoms with E-state index in [2.05, 4.69) is 27.3 Å². The number of amides is 4. The Kier molecular flexibility index (Phi) is 11.3. The second kappa shape index (κ2) is 15.7. The van der Waals surface area contributed by atoms with Crippen molar-refractivity contribution in [3.63, 3.8) is 0 Å². The smallest absolute Gasteiger partial charge is 0.407 e. The first kappa shape index (κ1) is 40.8. The molecule has 0 radical (unpaired) electrons. The number of fused-ring (bicyclic) bond motifs is 3. The van der Waals surface area contributed by atoms with Gasteiger partial charge in [0.2, 0.25) is 27.7 Å². The van der Waals surface area contributed by atoms with Crippen LogP contribution >= 0.6 is 0 Å². The van der Waals surface area contributed by atoms with E-state index in [1.54, 1.807) is 13.1 Å². The number of benzene rings is 1. The van der Waals surface area contributed by atoms with Crippen molar-refractivity contribution >= 4 is 44.6 Å². The van der Waals surface area contributed by atoms with Crippen LogP contribution in [0.1, 0.15) is 98.8 Å². The maximum atomic E-state index is 14.9. The Morgan fingerprint density at radius 3 is 2.49 bits per heavy atom. The number of carbonyl (C=O) groups excluding carboxylic acids is 4. The fraction of sp³-hybridized carbons (Fsp3) is 0.643. The van der Waals surface area contributed by atoms with Gasteiger partial charge in [-0.05, 0) is 82.6 Å². The first-order valence-electron chi connectivity index (χ1n) is 20.5. The molecule has 0 bridgehead atoms. The predicted octanol–water partition coefficient (Wildman–Crippen LogP) is 5.15. The van der Waals surface area contributed by atoms with Crippen LogP contribution < -0.4 is 24.8 Å². The monoisotopic (exact) mass is 807 g/mol. The molecule has 15 heteroatoms. The zero-order valence-corrected chi connectivity index (χ0v) is 34.5. The van der Waals surface area contributed by atoms with Crippen LogP contribution in [0.5, 0.6) is 11.6 Å². The van der Waals surface area contributed by atoms with Gasteiger partial charge >= 0.3 is 6.09 Å². The van der Waals surface area contributed by atoms with Gasteiger partial charge in [-0.25, -0.2) is 18.2 Å². The summed E-state index contributed by atoms with van der Waals surface area (Å²) in [6, 6.07) is 5.42. The SMILES string of the molecule is CCCOc1cnc(O[C@@H]2C[C@H]3C(=O)N[C@]4(C(=O)NS(=O)(=O)C5(C)CC5)C[C@H]4/C=C\CC[C@@H](C)C[C@@H](C)[C@H](NC(=O)OCC4(C)CC4)C(=O)N3C2)c2ccccc12. The highest BCUT2D eigenvalue weighted by atomic mass is 32.2. The number of carbonyl (C=O) groups is 4. The standard InChI is InChI=1S/C42H57N5O9S/c1-6-19-54-33-23-43-36(31-14-10-9-13-30(31)33)56-29-21-32-35(48)45-42(38(50)46-57(52,53)41(5)17-18-41)22-28(42)12-8-7-11-26(2)20-27(3)34(37(49)47(32)24-29)44-39(51)55-25-40(4)15-16-40/h8-10,12-14,23,26-29,32,34H,6-7,11,15-22,24-25H2,1-5H3,(H,44,51)(H,45,48)(H,46,50)/b12-8-/t26-,27-,28-,29-,32+,34+,42-/m1/s1. The molecule has 1 aromatic carbocycles. The number of ether oxygens (including phenoxy) is 3. The molecule has 3 N–H and O–H groups in total. The molecule has 57 heavy (non-hydrogen) atoms. The molecule has 3 heterocycles. The van der Waals surface area contributed by atoms with E-state index in [1.165, 1.54) is 4.90 Å². The van der Waals surface area contributed by atoms with Crippen LogP contribution in [-0.2, 0) is 29.1 Å². The molecule has 0 unspecified atom stereocenters. The van der Waals surface area contributed by atoms with Gasteiger partial charge in [-0.3, -0.25) is 19.1 Å². The van der Waals surface area contributed by atoms with E-state index in [4.69, 9.17) is 14.2 Å². The average Bonchev–Trinajstić information content (AvgIpc) is 4.14. The van der Waals surface area contributed by atoms with Crippen LogP contribution in [0.4, 0.5) is 4.79 Å². The molecule has 7 rings (SSSR count). The van der Waals surface area contributed by atoms with Crippen molar-refractivity contribution in [2.75, 3.05) is 19.8 Å². The van der Waals surface area contributed by atoms with Gasteiger partial charge in [-0.1, -0.05) is 58.0 Å². The van der Waals surface area contributed by atoms with E-state index in [1.807, 2.05) is 57.2 Å². The van der Waals surface area contributed by atoms with Crippen molar-refractivity contribution in [2.24, 2.45) is 23.2 Å². The fourth-order valence-electron chi connectivity index (χ4n) is 8.08. The Hall–Kier alpha value is -4.40. The van der Waals surface area contributed by atoms with Crippen LogP contribution in [-0.4, -0.2) is 90.3 Å². The number of hydrogen-bond donors (Lipinski definition) is 3. The van der Waals surface area contributed by atoms with Gasteiger partial charge in [0, 0.05) is 28.5 Å². The van der Waals surface area contributed by atoms with Gasteiger partial charge in [-0.2, -0.15) is 0 Å². The first-order chi connectivity index (χ1) is 27.1. The quantitative estimate of drug-likeness (QED) is 0.257. The van der Waals surface area contributed by atoms with Crippen molar-refractivity contribution in [1.29, 1.82) is 0 Å². The maximum absolute atomic E-state index is 14.9. The molecule has 3 aliphatic carbocycles. The molecule has 14 nitrogen and oxygen atoms in total. The third-order valence-corrected chi connectivity index (χ3v) is 14.8. The third kappa shape index (κ3) is 8.73. The average molecular weight is 808 g/mol. The molecular formula is C42H57N5O9S. The summed E-state index contributed by atoms with van der Waals surface area (Å²) >= 11 is 0. The van der Waals surface area contributed by atoms with Crippen LogP contribution in [0.25, 0.3) is 10.8 Å². The summed E-state index contributed by atoms with van der Waals surface area (Å²) in [7, 11) is -4.00. The number of pyridine rings is 1. The maximum Gasteiger partial charge on any atom is 0.407 e. The Bertz CT molecular complexity index is 2030. The molecule has 310 valence electrons. The van der Waals surface area contributed by atoms with Crippen LogP contribution in [0.2, 0.25) is 0 Å². The molecule has 3 saturated carbocycles. The predicted molar refractivity (Wildman–Crippen MR) is 213 cm³/mol. The lowest BCUT2D eigenvalue weighted by atomic mass is 9.88. The summed E-state index contributed by atoms with van der Waals surface area (Å²) in [6.07, 6.45) is 10.0. The molecule has 4 fully saturated rings. The van der Waals surface area contributed by atoms with Crippen molar-refractivity contribution in [2.45, 2.75) is 127 Å². The minimum Gasteiger partial charge on any atom is -0.491 e. The molecule has 7 atom stereocenters. The summed E-state index contributed by atoms with van der Waals surface area (Å²) in [6.45, 7) is 10.4. The lowest BCUT2D eigenvalue weighted by Gasteiger charge is -2.32. The van der Waals surface area contributed by atoms with Gasteiger partial charge in [0.05, 0.1) is 30.7 Å². The number of aromatic nitrogens is 1. The van der Waals surface area contributed by atoms with E-state index >= 15 is 0 Å². The Morgan fingerprint density at radius 2 is 1.79 bits per heavy atom. The highest BCUT2D eigenvalue weighted by Crippen LogP contribution is 2.48. The molecule has 1 aromatic heterocycles. The Balaban J connectivity index is 1.20. The van der Waals surface area contributed by atoms with Gasteiger partial charge in [0.25, 0.3) is 5.91 Å². The molecule has 4 amide bonds. The lowest BCUT2D eigenvalue weighted by molar-refractivity contribution is -0.142. The number of rotatable bonds is 11. The second-order valence-corrected chi connectivity index (χ2v) is 20.0. The fourth-order valence-corrected chi connectivity index (χ4v) is 9.39. The van der Waals surface area contributed by atoms with Gasteiger partial charge < -0.3 is 29.7 Å². The van der Waals surface area contributed by atoms with Crippen LogP contribution in [0.3, 0.4) is 0 Å². The third-order valence-electron chi connectivity index (χ3n) is 12.6. The van der Waals surface area contributed by atoms with Crippen molar-refractivity contribution in [1.82, 2.24) is 25.2 Å². The van der Waals surface area contributed by atoms with Crippen molar-refractivity contribution < 1.29 is 41.8 Å². The topological polar surface area (TPSA) is 182 Å². The zero-order valence-electron chi connectivity index (χ0n) is 33.7. The van der Waals surface area contributed by atoms with Gasteiger partial charge in [0.1, 0.15) is 29.5 Å². The van der Waals surface area contributed by atoms with E-state index < -0.39 is 68.2 Å². The molecule has 0 spiro atoms. The van der Waals surface area contributed by atoms with Crippen LogP contribution in [0, 0.1) is 23.2 Å². The number of sulfonamides is 1. The number of alkyl carbamates (subject to hydrolysis) is 1. The summed E-state index contributed by atoms with van der Waals surface area (Å²) in [5, 5.41) is 7.29. The highest BCUT2D eigenvalue weighted by molar-refractivity contribution is 7.91. The summed E-state index contributed by atoms with van der Waals surface area (Å²) < 4.78 is 45.8. The molecule has 1 saturated heterocycles. The summed E-state index contributed by atoms with van der Waals surface area (Å²) in [5.41, 5.74) is -1.58. The highest BCUT2D eigenvalue weighted by Gasteiger charge is 2.63. The second-order valence-electron chi connectivity index (χ2n) is 17.8.